The lowest BCUT2D eigenvalue weighted by Crippen LogP contribution is -2.40. The Hall–Kier alpha value is -4.15. The Kier molecular flexibility index (Phi) is 8.94. The number of hydrogen-bond acceptors (Lipinski definition) is 8. The van der Waals surface area contributed by atoms with Crippen LogP contribution < -0.4 is 29.1 Å². The van der Waals surface area contributed by atoms with E-state index in [1.807, 2.05) is 48.5 Å². The third kappa shape index (κ3) is 5.91. The molecule has 0 amide bonds. The van der Waals surface area contributed by atoms with E-state index in [1.165, 1.54) is 23.0 Å². The summed E-state index contributed by atoms with van der Waals surface area (Å²) in [6, 6.07) is 20.1. The van der Waals surface area contributed by atoms with E-state index < -0.39 is 12.0 Å². The monoisotopic (exact) mass is 648 g/mol. The highest BCUT2D eigenvalue weighted by atomic mass is 79.9. The topological polar surface area (TPSA) is 88.4 Å². The first kappa shape index (κ1) is 29.3. The van der Waals surface area contributed by atoms with Gasteiger partial charge in [-0.2, -0.15) is 0 Å². The van der Waals surface area contributed by atoms with Crippen LogP contribution in [0.2, 0.25) is 0 Å². The minimum absolute atomic E-state index is 0.187. The highest BCUT2D eigenvalue weighted by molar-refractivity contribution is 9.10. The minimum Gasteiger partial charge on any atom is -0.497 e. The number of fused-ring (bicyclic) bond motifs is 1. The largest absolute Gasteiger partial charge is 0.497 e. The zero-order valence-electron chi connectivity index (χ0n) is 23.5. The maximum Gasteiger partial charge on any atom is 0.338 e. The number of nitrogens with zero attached hydrogens (tertiary/aromatic N) is 2. The quantitative estimate of drug-likeness (QED) is 0.233. The molecule has 5 rings (SSSR count). The molecule has 8 nitrogen and oxygen atoms in total. The Balaban J connectivity index is 1.58. The van der Waals surface area contributed by atoms with Gasteiger partial charge in [0.25, 0.3) is 5.56 Å². The first-order valence-electron chi connectivity index (χ1n) is 13.2. The predicted molar refractivity (Wildman–Crippen MR) is 165 cm³/mol. The number of ether oxygens (including phenoxy) is 4. The summed E-state index contributed by atoms with van der Waals surface area (Å²) in [4.78, 5) is 32.3. The molecular weight excluding hydrogens is 620 g/mol. The molecule has 216 valence electrons. The van der Waals surface area contributed by atoms with Crippen LogP contribution in [-0.2, 0) is 16.1 Å². The second kappa shape index (κ2) is 12.8. The third-order valence-corrected chi connectivity index (χ3v) is 8.35. The molecule has 0 fully saturated rings. The summed E-state index contributed by atoms with van der Waals surface area (Å²) < 4.78 is 25.2. The molecule has 42 heavy (non-hydrogen) atoms. The van der Waals surface area contributed by atoms with Crippen molar-refractivity contribution in [3.8, 4) is 17.2 Å². The molecule has 0 radical (unpaired) electrons. The Bertz CT molecular complexity index is 1840. The summed E-state index contributed by atoms with van der Waals surface area (Å²) in [6.45, 7) is 4.11. The lowest BCUT2D eigenvalue weighted by atomic mass is 9.95. The van der Waals surface area contributed by atoms with E-state index in [1.54, 1.807) is 45.2 Å². The molecular formula is C32H29BrN2O6S. The molecule has 2 heterocycles. The molecule has 10 heteroatoms. The van der Waals surface area contributed by atoms with E-state index in [0.717, 1.165) is 15.6 Å². The van der Waals surface area contributed by atoms with Gasteiger partial charge in [0, 0.05) is 11.6 Å². The van der Waals surface area contributed by atoms with Crippen molar-refractivity contribution in [3.05, 3.63) is 119 Å². The number of hydrogen-bond donors (Lipinski definition) is 0. The Morgan fingerprint density at radius 2 is 1.83 bits per heavy atom. The second-order valence-electron chi connectivity index (χ2n) is 9.37. The molecule has 0 unspecified atom stereocenters. The second-order valence-corrected chi connectivity index (χ2v) is 11.2. The van der Waals surface area contributed by atoms with Crippen LogP contribution in [0.5, 0.6) is 17.2 Å². The molecule has 0 saturated heterocycles. The van der Waals surface area contributed by atoms with E-state index in [2.05, 4.69) is 20.9 Å². The fourth-order valence-corrected chi connectivity index (χ4v) is 6.30. The molecule has 1 aromatic heterocycles. The van der Waals surface area contributed by atoms with Gasteiger partial charge in [0.15, 0.2) is 4.80 Å². The molecule has 3 aromatic carbocycles. The number of carbonyl (C=O) groups excluding carboxylic acids is 1. The summed E-state index contributed by atoms with van der Waals surface area (Å²) in [6.07, 6.45) is 1.81. The van der Waals surface area contributed by atoms with Crippen molar-refractivity contribution >= 4 is 39.3 Å². The average Bonchev–Trinajstić information content (AvgIpc) is 3.30. The fraction of sp³-hybridized carbons (Fsp3) is 0.219. The number of thiazole rings is 1. The smallest absolute Gasteiger partial charge is 0.338 e. The maximum atomic E-state index is 14.0. The molecule has 0 N–H and O–H groups in total. The number of carbonyl (C=O) groups is 1. The van der Waals surface area contributed by atoms with Crippen LogP contribution in [0, 0.1) is 0 Å². The van der Waals surface area contributed by atoms with Crippen molar-refractivity contribution in [2.45, 2.75) is 26.5 Å². The number of halogens is 1. The molecule has 0 spiro atoms. The van der Waals surface area contributed by atoms with Gasteiger partial charge in [-0.25, -0.2) is 9.79 Å². The number of aromatic nitrogens is 1. The standard InChI is InChI=1S/C32H29BrN2O6S/c1-5-40-31(37)28-19(2)34-32-35(29(28)23-13-12-22(38-3)17-26(23)39-4)30(36)27(42-32)16-21-11-14-25(24(33)15-21)41-18-20-9-7-6-8-10-20/h6-17,29H,5,18H2,1-4H3/b27-16-/t29-/m1/s1. The molecule has 4 aromatic rings. The van der Waals surface area contributed by atoms with E-state index in [-0.39, 0.29) is 17.7 Å². The molecule has 1 atom stereocenters. The highest BCUT2D eigenvalue weighted by Gasteiger charge is 2.35. The lowest BCUT2D eigenvalue weighted by Gasteiger charge is -2.26. The zero-order valence-corrected chi connectivity index (χ0v) is 26.0. The number of benzene rings is 3. The first-order chi connectivity index (χ1) is 20.3. The van der Waals surface area contributed by atoms with Gasteiger partial charge < -0.3 is 18.9 Å². The van der Waals surface area contributed by atoms with E-state index in [9.17, 15) is 9.59 Å². The summed E-state index contributed by atoms with van der Waals surface area (Å²) in [5.74, 6) is 1.22. The van der Waals surface area contributed by atoms with Gasteiger partial charge in [-0.15, -0.1) is 0 Å². The zero-order chi connectivity index (χ0) is 29.8. The van der Waals surface area contributed by atoms with Crippen LogP contribution in [0.3, 0.4) is 0 Å². The molecule has 0 aliphatic carbocycles. The van der Waals surface area contributed by atoms with Crippen LogP contribution in [0.15, 0.2) is 92.3 Å². The normalized spacial score (nSPS) is 14.7. The van der Waals surface area contributed by atoms with Gasteiger partial charge in [-0.3, -0.25) is 9.36 Å². The van der Waals surface area contributed by atoms with Crippen LogP contribution in [-0.4, -0.2) is 31.4 Å². The van der Waals surface area contributed by atoms with Crippen molar-refractivity contribution < 1.29 is 23.7 Å². The number of rotatable bonds is 9. The van der Waals surface area contributed by atoms with Crippen molar-refractivity contribution in [1.82, 2.24) is 4.57 Å². The van der Waals surface area contributed by atoms with E-state index in [4.69, 9.17) is 18.9 Å². The van der Waals surface area contributed by atoms with Crippen LogP contribution in [0.25, 0.3) is 6.08 Å². The fourth-order valence-electron chi connectivity index (χ4n) is 4.74. The number of methoxy groups -OCH3 is 2. The lowest BCUT2D eigenvalue weighted by molar-refractivity contribution is -0.139. The van der Waals surface area contributed by atoms with Gasteiger partial charge >= 0.3 is 5.97 Å². The van der Waals surface area contributed by atoms with Crippen molar-refractivity contribution in [1.29, 1.82) is 0 Å². The summed E-state index contributed by atoms with van der Waals surface area (Å²) >= 11 is 4.85. The van der Waals surface area contributed by atoms with Gasteiger partial charge in [-0.05, 0) is 71.2 Å². The van der Waals surface area contributed by atoms with Gasteiger partial charge in [0.1, 0.15) is 29.9 Å². The number of allylic oxidation sites excluding steroid dienone is 1. The molecule has 1 aliphatic rings. The summed E-state index contributed by atoms with van der Waals surface area (Å²) in [5.41, 5.74) is 2.96. The maximum absolute atomic E-state index is 14.0. The van der Waals surface area contributed by atoms with Gasteiger partial charge in [0.2, 0.25) is 0 Å². The van der Waals surface area contributed by atoms with E-state index >= 15 is 0 Å². The average molecular weight is 650 g/mol. The molecule has 1 aliphatic heterocycles. The first-order valence-corrected chi connectivity index (χ1v) is 14.8. The predicted octanol–water partition coefficient (Wildman–Crippen LogP) is 5.16. The molecule has 0 saturated carbocycles. The van der Waals surface area contributed by atoms with Gasteiger partial charge in [0.05, 0.1) is 41.1 Å². The van der Waals surface area contributed by atoms with E-state index in [0.29, 0.717) is 44.4 Å². The Morgan fingerprint density at radius 3 is 2.52 bits per heavy atom. The summed E-state index contributed by atoms with van der Waals surface area (Å²) in [5, 5.41) is 0. The highest BCUT2D eigenvalue weighted by Crippen LogP contribution is 2.37. The summed E-state index contributed by atoms with van der Waals surface area (Å²) in [7, 11) is 3.10. The van der Waals surface area contributed by atoms with Crippen molar-refractivity contribution in [2.24, 2.45) is 4.99 Å². The Morgan fingerprint density at radius 1 is 1.05 bits per heavy atom. The van der Waals surface area contributed by atoms with Crippen molar-refractivity contribution in [2.75, 3.05) is 20.8 Å². The Labute approximate surface area is 255 Å². The minimum atomic E-state index is -0.802. The van der Waals surface area contributed by atoms with Crippen molar-refractivity contribution in [3.63, 3.8) is 0 Å². The van der Waals surface area contributed by atoms with Gasteiger partial charge in [-0.1, -0.05) is 47.7 Å². The number of esters is 1. The third-order valence-electron chi connectivity index (χ3n) is 6.74. The van der Waals surface area contributed by atoms with Crippen LogP contribution in [0.1, 0.15) is 36.6 Å². The SMILES string of the molecule is CCOC(=O)C1=C(C)N=c2s/c(=C\c3ccc(OCc4ccccc4)c(Br)c3)c(=O)n2[C@@H]1c1ccc(OC)cc1OC. The van der Waals surface area contributed by atoms with Crippen LogP contribution >= 0.6 is 27.3 Å². The van der Waals surface area contributed by atoms with Crippen LogP contribution in [0.4, 0.5) is 0 Å². The molecule has 0 bridgehead atoms.